The highest BCUT2D eigenvalue weighted by atomic mass is 16.4. The summed E-state index contributed by atoms with van der Waals surface area (Å²) in [6.07, 6.45) is 1.60. The average molecular weight is 474 g/mol. The van der Waals surface area contributed by atoms with E-state index < -0.39 is 6.92 Å². The van der Waals surface area contributed by atoms with Crippen LogP contribution in [0.25, 0.3) is 5.76 Å². The van der Waals surface area contributed by atoms with Crippen LogP contribution in [-0.2, 0) is 4.65 Å². The SMILES string of the molecule is CN(C)c1cccc(B(O/C(=C\C(=O)c2ccccc2)c2ccccc2)c2cccc(N(C)C)c2)c1. The van der Waals surface area contributed by atoms with Crippen LogP contribution in [0.2, 0.25) is 0 Å². The van der Waals surface area contributed by atoms with Crippen molar-refractivity contribution >= 4 is 40.8 Å². The molecule has 4 aromatic carbocycles. The molecule has 0 atom stereocenters. The third-order valence-corrected chi connectivity index (χ3v) is 6.00. The van der Waals surface area contributed by atoms with Gasteiger partial charge in [0.15, 0.2) is 5.78 Å². The van der Waals surface area contributed by atoms with E-state index in [2.05, 4.69) is 46.2 Å². The van der Waals surface area contributed by atoms with Crippen LogP contribution in [0.1, 0.15) is 15.9 Å². The van der Waals surface area contributed by atoms with Gasteiger partial charge in [0.05, 0.1) is 0 Å². The maximum atomic E-state index is 13.2. The first-order chi connectivity index (χ1) is 17.4. The predicted molar refractivity (Wildman–Crippen MR) is 153 cm³/mol. The van der Waals surface area contributed by atoms with Gasteiger partial charge in [0.1, 0.15) is 5.76 Å². The van der Waals surface area contributed by atoms with Crippen molar-refractivity contribution in [3.63, 3.8) is 0 Å². The summed E-state index contributed by atoms with van der Waals surface area (Å²) in [7, 11) is 8.09. The first kappa shape index (κ1) is 24.9. The monoisotopic (exact) mass is 474 g/mol. The lowest BCUT2D eigenvalue weighted by molar-refractivity contribution is 0.104. The first-order valence-electron chi connectivity index (χ1n) is 12.0. The number of nitrogens with zero attached hydrogens (tertiary/aromatic N) is 2. The van der Waals surface area contributed by atoms with Gasteiger partial charge in [-0.1, -0.05) is 84.9 Å². The van der Waals surface area contributed by atoms with Gasteiger partial charge in [-0.25, -0.2) is 0 Å². The Morgan fingerprint density at radius 2 is 1.11 bits per heavy atom. The number of carbonyl (C=O) groups excluding carboxylic acids is 1. The molecule has 0 amide bonds. The Morgan fingerprint density at radius 3 is 1.58 bits per heavy atom. The molecule has 5 heteroatoms. The minimum absolute atomic E-state index is 0.0997. The number of carbonyl (C=O) groups is 1. The number of ketones is 1. The van der Waals surface area contributed by atoms with Crippen molar-refractivity contribution in [1.82, 2.24) is 0 Å². The Balaban J connectivity index is 1.83. The summed E-state index contributed by atoms with van der Waals surface area (Å²) in [5.74, 6) is 0.428. The summed E-state index contributed by atoms with van der Waals surface area (Å²) in [4.78, 5) is 17.3. The molecule has 0 heterocycles. The molecule has 0 saturated carbocycles. The topological polar surface area (TPSA) is 32.8 Å². The van der Waals surface area contributed by atoms with Crippen LogP contribution in [0.3, 0.4) is 0 Å². The van der Waals surface area contributed by atoms with Crippen molar-refractivity contribution in [1.29, 1.82) is 0 Å². The van der Waals surface area contributed by atoms with Crippen molar-refractivity contribution in [2.24, 2.45) is 0 Å². The zero-order chi connectivity index (χ0) is 25.5. The minimum Gasteiger partial charge on any atom is -0.551 e. The van der Waals surface area contributed by atoms with Crippen LogP contribution in [0.15, 0.2) is 115 Å². The Kier molecular flexibility index (Phi) is 7.91. The molecule has 36 heavy (non-hydrogen) atoms. The van der Waals surface area contributed by atoms with E-state index in [4.69, 9.17) is 4.65 Å². The molecule has 0 saturated heterocycles. The van der Waals surface area contributed by atoms with Gasteiger partial charge in [0.2, 0.25) is 0 Å². The maximum Gasteiger partial charge on any atom is 0.426 e. The average Bonchev–Trinajstić information content (AvgIpc) is 2.92. The molecule has 0 unspecified atom stereocenters. The lowest BCUT2D eigenvalue weighted by atomic mass is 9.55. The minimum atomic E-state index is -0.417. The third-order valence-electron chi connectivity index (χ3n) is 6.00. The molecule has 0 spiro atoms. The lowest BCUT2D eigenvalue weighted by Gasteiger charge is -2.22. The summed E-state index contributed by atoms with van der Waals surface area (Å²) < 4.78 is 6.77. The molecule has 4 rings (SSSR count). The summed E-state index contributed by atoms with van der Waals surface area (Å²) in [5.41, 5.74) is 5.64. The molecule has 0 aliphatic heterocycles. The highest BCUT2D eigenvalue weighted by Crippen LogP contribution is 2.20. The molecule has 0 aliphatic rings. The third kappa shape index (κ3) is 6.05. The summed E-state index contributed by atoms with van der Waals surface area (Å²) >= 11 is 0. The van der Waals surface area contributed by atoms with E-state index in [1.165, 1.54) is 0 Å². The number of hydrogen-bond donors (Lipinski definition) is 0. The van der Waals surface area contributed by atoms with E-state index in [-0.39, 0.29) is 5.78 Å². The lowest BCUT2D eigenvalue weighted by Crippen LogP contribution is -2.45. The molecule has 0 radical (unpaired) electrons. The van der Waals surface area contributed by atoms with Gasteiger partial charge in [-0.05, 0) is 35.2 Å². The first-order valence-corrected chi connectivity index (χ1v) is 12.0. The van der Waals surface area contributed by atoms with Crippen molar-refractivity contribution in [3.05, 3.63) is 126 Å². The molecule has 4 nitrogen and oxygen atoms in total. The maximum absolute atomic E-state index is 13.2. The van der Waals surface area contributed by atoms with Gasteiger partial charge >= 0.3 is 6.92 Å². The fourth-order valence-corrected chi connectivity index (χ4v) is 3.98. The van der Waals surface area contributed by atoms with Crippen LogP contribution in [0.4, 0.5) is 11.4 Å². The number of allylic oxidation sites excluding steroid dienone is 1. The fourth-order valence-electron chi connectivity index (χ4n) is 3.98. The second-order valence-electron chi connectivity index (χ2n) is 9.08. The Labute approximate surface area is 214 Å². The standard InChI is InChI=1S/C31H31BN2O2/c1-33(2)28-19-11-17-26(21-28)32(27-18-12-20-29(22-27)34(3)4)36-31(25-15-9-6-10-16-25)23-30(35)24-13-7-5-8-14-24/h5-23H,1-4H3/b31-23-. The highest BCUT2D eigenvalue weighted by molar-refractivity contribution is 6.80. The van der Waals surface area contributed by atoms with Crippen LogP contribution < -0.4 is 20.7 Å². The van der Waals surface area contributed by atoms with Gasteiger partial charge in [0.25, 0.3) is 0 Å². The van der Waals surface area contributed by atoms with Gasteiger partial charge < -0.3 is 14.5 Å². The molecule has 4 aromatic rings. The zero-order valence-corrected chi connectivity index (χ0v) is 21.3. The summed E-state index contributed by atoms with van der Waals surface area (Å²) in [5, 5.41) is 0. The fraction of sp³-hybridized carbons (Fsp3) is 0.129. The second kappa shape index (κ2) is 11.5. The molecular weight excluding hydrogens is 443 g/mol. The largest absolute Gasteiger partial charge is 0.551 e. The smallest absolute Gasteiger partial charge is 0.426 e. The van der Waals surface area contributed by atoms with E-state index in [1.807, 2.05) is 101 Å². The van der Waals surface area contributed by atoms with Crippen molar-refractivity contribution in [3.8, 4) is 0 Å². The van der Waals surface area contributed by atoms with E-state index >= 15 is 0 Å². The molecule has 0 fully saturated rings. The second-order valence-corrected chi connectivity index (χ2v) is 9.08. The van der Waals surface area contributed by atoms with Crippen molar-refractivity contribution < 1.29 is 9.45 Å². The van der Waals surface area contributed by atoms with E-state index in [9.17, 15) is 4.79 Å². The van der Waals surface area contributed by atoms with Gasteiger partial charge in [0, 0.05) is 56.8 Å². The number of hydrogen-bond acceptors (Lipinski definition) is 4. The molecule has 0 N–H and O–H groups in total. The summed E-state index contributed by atoms with van der Waals surface area (Å²) in [6.45, 7) is -0.417. The molecule has 180 valence electrons. The van der Waals surface area contributed by atoms with Gasteiger partial charge in [-0.2, -0.15) is 0 Å². The molecule has 0 aromatic heterocycles. The molecular formula is C31H31BN2O2. The van der Waals surface area contributed by atoms with Crippen LogP contribution in [0, 0.1) is 0 Å². The Morgan fingerprint density at radius 1 is 0.639 bits per heavy atom. The van der Waals surface area contributed by atoms with Gasteiger partial charge in [-0.15, -0.1) is 0 Å². The van der Waals surface area contributed by atoms with Crippen LogP contribution >= 0.6 is 0 Å². The van der Waals surface area contributed by atoms with E-state index in [0.29, 0.717) is 11.3 Å². The normalized spacial score (nSPS) is 11.1. The Hall–Kier alpha value is -4.25. The van der Waals surface area contributed by atoms with Gasteiger partial charge in [-0.3, -0.25) is 4.79 Å². The van der Waals surface area contributed by atoms with E-state index in [0.717, 1.165) is 27.9 Å². The van der Waals surface area contributed by atoms with Crippen molar-refractivity contribution in [2.45, 2.75) is 0 Å². The van der Waals surface area contributed by atoms with Crippen molar-refractivity contribution in [2.75, 3.05) is 38.0 Å². The zero-order valence-electron chi connectivity index (χ0n) is 21.3. The predicted octanol–water partition coefficient (Wildman–Crippen LogP) is 4.86. The number of benzene rings is 4. The number of rotatable bonds is 9. The van der Waals surface area contributed by atoms with E-state index in [1.54, 1.807) is 6.08 Å². The Bertz CT molecular complexity index is 1280. The van der Waals surface area contributed by atoms with Crippen LogP contribution in [0.5, 0.6) is 0 Å². The molecule has 0 bridgehead atoms. The van der Waals surface area contributed by atoms with Crippen LogP contribution in [-0.4, -0.2) is 40.9 Å². The molecule has 0 aliphatic carbocycles. The summed E-state index contributed by atoms with van der Waals surface area (Å²) in [6, 6.07) is 35.7. The number of anilines is 2. The quantitative estimate of drug-likeness (QED) is 0.150. The highest BCUT2D eigenvalue weighted by Gasteiger charge is 2.26.